The third-order valence-electron chi connectivity index (χ3n) is 2.38. The number of hydrogen-bond donors (Lipinski definition) is 1. The molecule has 2 heteroatoms. The quantitative estimate of drug-likeness (QED) is 0.806. The molecule has 15 heavy (non-hydrogen) atoms. The molecule has 2 aromatic rings. The fourth-order valence-electron chi connectivity index (χ4n) is 1.51. The minimum absolute atomic E-state index is 0.199. The van der Waals surface area contributed by atoms with E-state index in [-0.39, 0.29) is 5.75 Å². The molecule has 0 aliphatic heterocycles. The minimum atomic E-state index is 0.199. The number of pyridine rings is 1. The summed E-state index contributed by atoms with van der Waals surface area (Å²) in [7, 11) is 0. The highest BCUT2D eigenvalue weighted by Crippen LogP contribution is 2.20. The van der Waals surface area contributed by atoms with Gasteiger partial charge in [0.2, 0.25) is 0 Å². The van der Waals surface area contributed by atoms with Crippen LogP contribution >= 0.6 is 0 Å². The molecule has 2 nitrogen and oxygen atoms in total. The van der Waals surface area contributed by atoms with Crippen LogP contribution in [0.15, 0.2) is 42.6 Å². The van der Waals surface area contributed by atoms with Gasteiger partial charge >= 0.3 is 0 Å². The van der Waals surface area contributed by atoms with E-state index >= 15 is 0 Å². The van der Waals surface area contributed by atoms with E-state index in [1.165, 1.54) is 11.8 Å². The van der Waals surface area contributed by atoms with E-state index in [0.717, 1.165) is 17.7 Å². The highest BCUT2D eigenvalue weighted by molar-refractivity contribution is 5.60. The average molecular weight is 199 g/mol. The van der Waals surface area contributed by atoms with Crippen LogP contribution in [0.3, 0.4) is 0 Å². The van der Waals surface area contributed by atoms with Crippen LogP contribution in [0.1, 0.15) is 12.5 Å². The number of aromatic hydroxyl groups is 1. The largest absolute Gasteiger partial charge is 0.506 e. The summed E-state index contributed by atoms with van der Waals surface area (Å²) in [5.74, 6) is 0.199. The second kappa shape index (κ2) is 4.13. The van der Waals surface area contributed by atoms with E-state index in [2.05, 4.69) is 24.0 Å². The maximum atomic E-state index is 9.14. The molecular weight excluding hydrogens is 186 g/mol. The summed E-state index contributed by atoms with van der Waals surface area (Å²) in [4.78, 5) is 4.17. The van der Waals surface area contributed by atoms with E-state index in [1.807, 2.05) is 18.2 Å². The summed E-state index contributed by atoms with van der Waals surface area (Å²) in [6.07, 6.45) is 2.49. The van der Waals surface area contributed by atoms with Gasteiger partial charge in [-0.3, -0.25) is 4.98 Å². The highest BCUT2D eigenvalue weighted by Gasteiger charge is 1.99. The van der Waals surface area contributed by atoms with Crippen LogP contribution in [0.25, 0.3) is 11.3 Å². The van der Waals surface area contributed by atoms with Crippen LogP contribution < -0.4 is 0 Å². The Balaban J connectivity index is 2.40. The average Bonchev–Trinajstić information content (AvgIpc) is 2.30. The van der Waals surface area contributed by atoms with Crippen molar-refractivity contribution in [3.8, 4) is 17.0 Å². The van der Waals surface area contributed by atoms with Crippen molar-refractivity contribution in [2.75, 3.05) is 0 Å². The van der Waals surface area contributed by atoms with Crippen molar-refractivity contribution in [3.05, 3.63) is 48.2 Å². The monoisotopic (exact) mass is 199 g/mol. The van der Waals surface area contributed by atoms with Gasteiger partial charge in [-0.25, -0.2) is 0 Å². The van der Waals surface area contributed by atoms with Crippen molar-refractivity contribution >= 4 is 0 Å². The maximum Gasteiger partial charge on any atom is 0.133 e. The highest BCUT2D eigenvalue weighted by atomic mass is 16.3. The molecule has 0 saturated carbocycles. The van der Waals surface area contributed by atoms with Gasteiger partial charge in [-0.15, -0.1) is 0 Å². The maximum absolute atomic E-state index is 9.14. The third-order valence-corrected chi connectivity index (χ3v) is 2.38. The number of hydrogen-bond acceptors (Lipinski definition) is 2. The van der Waals surface area contributed by atoms with Crippen LogP contribution in [-0.2, 0) is 6.42 Å². The van der Waals surface area contributed by atoms with E-state index < -0.39 is 0 Å². The molecule has 0 fully saturated rings. The summed E-state index contributed by atoms with van der Waals surface area (Å²) >= 11 is 0. The zero-order valence-corrected chi connectivity index (χ0v) is 8.64. The topological polar surface area (TPSA) is 33.1 Å². The van der Waals surface area contributed by atoms with Crippen molar-refractivity contribution in [1.29, 1.82) is 0 Å². The van der Waals surface area contributed by atoms with E-state index in [4.69, 9.17) is 5.11 Å². The molecule has 0 saturated heterocycles. The molecule has 0 radical (unpaired) electrons. The number of nitrogens with zero attached hydrogens (tertiary/aromatic N) is 1. The van der Waals surface area contributed by atoms with Gasteiger partial charge < -0.3 is 5.11 Å². The molecule has 1 aromatic carbocycles. The summed E-state index contributed by atoms with van der Waals surface area (Å²) < 4.78 is 0. The van der Waals surface area contributed by atoms with Gasteiger partial charge in [0, 0.05) is 5.56 Å². The summed E-state index contributed by atoms with van der Waals surface area (Å²) in [5, 5.41) is 9.14. The van der Waals surface area contributed by atoms with Gasteiger partial charge in [-0.1, -0.05) is 25.1 Å². The van der Waals surface area contributed by atoms with E-state index in [0.29, 0.717) is 0 Å². The van der Waals surface area contributed by atoms with Crippen molar-refractivity contribution in [2.45, 2.75) is 13.3 Å². The zero-order valence-electron chi connectivity index (χ0n) is 8.64. The Labute approximate surface area is 89.2 Å². The van der Waals surface area contributed by atoms with Crippen molar-refractivity contribution in [1.82, 2.24) is 4.98 Å². The lowest BCUT2D eigenvalue weighted by Crippen LogP contribution is -1.85. The van der Waals surface area contributed by atoms with Crippen molar-refractivity contribution in [3.63, 3.8) is 0 Å². The Bertz CT molecular complexity index is 448. The predicted molar refractivity (Wildman–Crippen MR) is 60.7 cm³/mol. The standard InChI is InChI=1S/C13H13NO/c1-2-10-4-3-5-11(8-10)13-7-6-12(15)9-14-13/h3-9,15H,2H2,1H3. The number of aryl methyl sites for hydroxylation is 1. The van der Waals surface area contributed by atoms with E-state index in [1.54, 1.807) is 6.07 Å². The first-order valence-corrected chi connectivity index (χ1v) is 5.04. The fourth-order valence-corrected chi connectivity index (χ4v) is 1.51. The minimum Gasteiger partial charge on any atom is -0.506 e. The van der Waals surface area contributed by atoms with Crippen LogP contribution in [0, 0.1) is 0 Å². The first kappa shape index (κ1) is 9.71. The summed E-state index contributed by atoms with van der Waals surface area (Å²) in [6.45, 7) is 2.13. The van der Waals surface area contributed by atoms with Crippen molar-refractivity contribution < 1.29 is 5.11 Å². The molecule has 76 valence electrons. The second-order valence-electron chi connectivity index (χ2n) is 3.46. The predicted octanol–water partition coefficient (Wildman–Crippen LogP) is 3.02. The molecule has 0 unspecified atom stereocenters. The van der Waals surface area contributed by atoms with Crippen LogP contribution in [0.4, 0.5) is 0 Å². The Morgan fingerprint density at radius 3 is 2.73 bits per heavy atom. The number of rotatable bonds is 2. The zero-order chi connectivity index (χ0) is 10.7. The number of aromatic nitrogens is 1. The first-order valence-electron chi connectivity index (χ1n) is 5.04. The van der Waals surface area contributed by atoms with Gasteiger partial charge in [0.25, 0.3) is 0 Å². The lowest BCUT2D eigenvalue weighted by atomic mass is 10.1. The first-order chi connectivity index (χ1) is 7.29. The van der Waals surface area contributed by atoms with Crippen LogP contribution in [-0.4, -0.2) is 10.1 Å². The van der Waals surface area contributed by atoms with Crippen molar-refractivity contribution in [2.24, 2.45) is 0 Å². The molecule has 1 aromatic heterocycles. The Morgan fingerprint density at radius 2 is 2.07 bits per heavy atom. The molecule has 0 atom stereocenters. The molecule has 2 rings (SSSR count). The molecule has 0 aliphatic carbocycles. The summed E-state index contributed by atoms with van der Waals surface area (Å²) in [5.41, 5.74) is 3.28. The lowest BCUT2D eigenvalue weighted by molar-refractivity contribution is 0.473. The SMILES string of the molecule is CCc1cccc(-c2ccc(O)cn2)c1. The summed E-state index contributed by atoms with van der Waals surface area (Å²) in [6, 6.07) is 11.8. The molecule has 0 bridgehead atoms. The van der Waals surface area contributed by atoms with Gasteiger partial charge in [-0.2, -0.15) is 0 Å². The Kier molecular flexibility index (Phi) is 2.68. The molecular formula is C13H13NO. The number of benzene rings is 1. The van der Waals surface area contributed by atoms with Gasteiger partial charge in [0.05, 0.1) is 11.9 Å². The lowest BCUT2D eigenvalue weighted by Gasteiger charge is -2.03. The van der Waals surface area contributed by atoms with E-state index in [9.17, 15) is 0 Å². The fraction of sp³-hybridized carbons (Fsp3) is 0.154. The van der Waals surface area contributed by atoms with Gasteiger partial charge in [0.15, 0.2) is 0 Å². The van der Waals surface area contributed by atoms with Gasteiger partial charge in [-0.05, 0) is 30.2 Å². The van der Waals surface area contributed by atoms with Gasteiger partial charge in [0.1, 0.15) is 5.75 Å². The molecule has 0 aliphatic rings. The molecule has 1 N–H and O–H groups in total. The molecule has 0 spiro atoms. The third kappa shape index (κ3) is 2.15. The molecule has 1 heterocycles. The van der Waals surface area contributed by atoms with Crippen LogP contribution in [0.5, 0.6) is 5.75 Å². The normalized spacial score (nSPS) is 10.2. The Morgan fingerprint density at radius 1 is 1.20 bits per heavy atom. The second-order valence-corrected chi connectivity index (χ2v) is 3.46. The molecule has 0 amide bonds. The van der Waals surface area contributed by atoms with Crippen LogP contribution in [0.2, 0.25) is 0 Å². The smallest absolute Gasteiger partial charge is 0.133 e. The Hall–Kier alpha value is -1.83.